The van der Waals surface area contributed by atoms with E-state index in [1.54, 1.807) is 23.9 Å². The number of β-lactam (4-membered cyclic amide) rings is 1. The molecule has 0 aromatic carbocycles. The molecule has 4 aliphatic rings. The number of carbonyl (C=O) groups excluding carboxylic acids is 3. The fourth-order valence-electron chi connectivity index (χ4n) is 4.39. The minimum Gasteiger partial charge on any atom is -0.543 e. The third-order valence-electron chi connectivity index (χ3n) is 6.07. The summed E-state index contributed by atoms with van der Waals surface area (Å²) in [5, 5.41) is 27.7. The molecule has 0 bridgehead atoms. The van der Waals surface area contributed by atoms with Crippen molar-refractivity contribution in [3.05, 3.63) is 53.5 Å². The maximum Gasteiger partial charge on any atom is 0.278 e. The lowest BCUT2D eigenvalue weighted by molar-refractivity contribution is -0.606. The Morgan fingerprint density at radius 3 is 2.89 bits per heavy atom. The molecule has 38 heavy (non-hydrogen) atoms. The zero-order chi connectivity index (χ0) is 27.1. The van der Waals surface area contributed by atoms with Crippen LogP contribution in [-0.4, -0.2) is 71.7 Å². The van der Waals surface area contributed by atoms with Crippen molar-refractivity contribution in [3.63, 3.8) is 0 Å². The molecule has 1 saturated heterocycles. The molecule has 16 heteroatoms. The summed E-state index contributed by atoms with van der Waals surface area (Å²) >= 11 is 2.19. The minimum atomic E-state index is -1.48. The highest BCUT2D eigenvalue weighted by Gasteiger charge is 2.53. The van der Waals surface area contributed by atoms with Gasteiger partial charge in [-0.3, -0.25) is 14.5 Å². The molecule has 0 radical (unpaired) electrons. The summed E-state index contributed by atoms with van der Waals surface area (Å²) in [7, 11) is 1.24. The van der Waals surface area contributed by atoms with Crippen molar-refractivity contribution >= 4 is 51.9 Å². The van der Waals surface area contributed by atoms with E-state index in [4.69, 9.17) is 10.6 Å². The van der Waals surface area contributed by atoms with Crippen molar-refractivity contribution in [3.8, 4) is 5.69 Å². The Morgan fingerprint density at radius 1 is 1.45 bits per heavy atom. The number of nitrogen functional groups attached to an aromatic ring is 1. The number of anilines is 1. The van der Waals surface area contributed by atoms with Crippen LogP contribution in [-0.2, 0) is 25.8 Å². The SMILES string of the molecule is CO/N=C(\C(=O)N[C@@H]1C(=O)N2C(C(=O)[O-])=C(Cn3cc[n+]4c(C(C)O)ccc-4c3)CS[C@H]12)c1nsc(N)n1. The van der Waals surface area contributed by atoms with Gasteiger partial charge in [0.1, 0.15) is 24.6 Å². The van der Waals surface area contributed by atoms with Gasteiger partial charge < -0.3 is 35.5 Å². The van der Waals surface area contributed by atoms with Crippen LogP contribution in [0, 0.1) is 0 Å². The summed E-state index contributed by atoms with van der Waals surface area (Å²) in [6, 6.07) is 2.67. The second-order valence-electron chi connectivity index (χ2n) is 8.51. The number of rotatable bonds is 8. The Labute approximate surface area is 223 Å². The lowest BCUT2D eigenvalue weighted by Crippen LogP contribution is -2.71. The molecule has 14 nitrogen and oxygen atoms in total. The highest BCUT2D eigenvalue weighted by molar-refractivity contribution is 8.00. The minimum absolute atomic E-state index is 0.0538. The molecule has 3 atom stereocenters. The van der Waals surface area contributed by atoms with E-state index in [9.17, 15) is 24.6 Å². The summed E-state index contributed by atoms with van der Waals surface area (Å²) in [4.78, 5) is 47.8. The number of carbonyl (C=O) groups is 3. The number of hydrogen-bond donors (Lipinski definition) is 3. The van der Waals surface area contributed by atoms with Gasteiger partial charge in [-0.05, 0) is 12.5 Å². The number of nitrogens with one attached hydrogen (secondary N) is 1. The molecule has 5 heterocycles. The van der Waals surface area contributed by atoms with Gasteiger partial charge in [0.2, 0.25) is 22.9 Å². The van der Waals surface area contributed by atoms with E-state index in [1.165, 1.54) is 18.9 Å². The highest BCUT2D eigenvalue weighted by Crippen LogP contribution is 2.40. The number of carboxylic acid groups (broad SMARTS) is 1. The van der Waals surface area contributed by atoms with Gasteiger partial charge in [-0.1, -0.05) is 5.16 Å². The third kappa shape index (κ3) is 4.46. The molecular formula is C22H22N8O6S2. The first-order valence-electron chi connectivity index (χ1n) is 11.3. The molecule has 4 aliphatic heterocycles. The van der Waals surface area contributed by atoms with E-state index in [-0.39, 0.29) is 28.9 Å². The number of aromatic nitrogens is 4. The molecule has 2 amide bonds. The lowest BCUT2D eigenvalue weighted by atomic mass is 10.0. The quantitative estimate of drug-likeness (QED) is 0.122. The Bertz CT molecular complexity index is 1460. The normalized spacial score (nSPS) is 20.2. The van der Waals surface area contributed by atoms with Crippen LogP contribution < -0.4 is 20.7 Å². The molecule has 1 unspecified atom stereocenters. The Kier molecular flexibility index (Phi) is 6.77. The van der Waals surface area contributed by atoms with Crippen LogP contribution in [0.5, 0.6) is 0 Å². The van der Waals surface area contributed by atoms with Gasteiger partial charge in [0, 0.05) is 36.0 Å². The van der Waals surface area contributed by atoms with Crippen LogP contribution in [0.1, 0.15) is 24.5 Å². The predicted octanol–water partition coefficient (Wildman–Crippen LogP) is -1.86. The van der Waals surface area contributed by atoms with E-state index >= 15 is 0 Å². The van der Waals surface area contributed by atoms with Gasteiger partial charge in [-0.15, -0.1) is 11.8 Å². The van der Waals surface area contributed by atoms with Gasteiger partial charge >= 0.3 is 0 Å². The van der Waals surface area contributed by atoms with Crippen molar-refractivity contribution in [1.82, 2.24) is 24.1 Å². The first-order chi connectivity index (χ1) is 18.2. The van der Waals surface area contributed by atoms with Crippen molar-refractivity contribution in [2.45, 2.75) is 31.0 Å². The third-order valence-corrected chi connectivity index (χ3v) is 7.95. The maximum absolute atomic E-state index is 13.0. The number of nitrogens with two attached hydrogens (primary N) is 1. The average Bonchev–Trinajstić information content (AvgIpc) is 3.51. The van der Waals surface area contributed by atoms with E-state index < -0.39 is 35.3 Å². The van der Waals surface area contributed by atoms with Crippen LogP contribution in [0.2, 0.25) is 0 Å². The number of aliphatic carboxylic acids is 1. The number of aliphatic hydroxyl groups excluding tert-OH is 1. The fraction of sp³-hybridized carbons (Fsp3) is 0.318. The molecule has 0 saturated carbocycles. The van der Waals surface area contributed by atoms with Gasteiger partial charge in [0.25, 0.3) is 11.8 Å². The summed E-state index contributed by atoms with van der Waals surface area (Å²) < 4.78 is 7.58. The van der Waals surface area contributed by atoms with Crippen LogP contribution in [0.15, 0.2) is 47.1 Å². The van der Waals surface area contributed by atoms with Crippen LogP contribution >= 0.6 is 23.3 Å². The molecule has 4 N–H and O–H groups in total. The van der Waals surface area contributed by atoms with E-state index in [0.29, 0.717) is 11.3 Å². The zero-order valence-corrected chi connectivity index (χ0v) is 21.7. The second kappa shape index (κ2) is 10.0. The standard InChI is InChI=1S/C22H22N8O6S2/c1-10(31)13-4-3-12-8-28(5-6-29(12)13)7-11-9-37-20-15(19(33)30(20)16(11)21(34)35)24-18(32)14(26-36-2)17-25-22(23)38-27-17/h3-6,8,10,15,20,31H,7,9H2,1-2H3,(H3-,23,24,25,27,32,34,35)/b26-14-/t10?,15-,20-/m1/s1. The Balaban J connectivity index is 1.35. The molecule has 1 fully saturated rings. The van der Waals surface area contributed by atoms with Crippen molar-refractivity contribution in [2.75, 3.05) is 18.6 Å². The molecular weight excluding hydrogens is 536 g/mol. The monoisotopic (exact) mass is 558 g/mol. The summed E-state index contributed by atoms with van der Waals surface area (Å²) in [6.07, 6.45) is 4.71. The van der Waals surface area contributed by atoms with Gasteiger partial charge in [-0.2, -0.15) is 13.9 Å². The number of hydrogen-bond acceptors (Lipinski definition) is 12. The molecule has 1 aromatic heterocycles. The highest BCUT2D eigenvalue weighted by atomic mass is 32.2. The number of nitrogens with zero attached hydrogens (tertiary/aromatic N) is 6. The number of carboxylic acids is 1. The molecule has 0 spiro atoms. The molecule has 5 rings (SSSR count). The number of oxime groups is 1. The lowest BCUT2D eigenvalue weighted by Gasteiger charge is -2.50. The smallest absolute Gasteiger partial charge is 0.278 e. The van der Waals surface area contributed by atoms with Gasteiger partial charge in [0.05, 0.1) is 24.1 Å². The van der Waals surface area contributed by atoms with Gasteiger partial charge in [-0.25, -0.2) is 0 Å². The number of thioether (sulfide) groups is 1. The van der Waals surface area contributed by atoms with Crippen molar-refractivity contribution < 1.29 is 34.0 Å². The summed E-state index contributed by atoms with van der Waals surface area (Å²) in [5.74, 6) is -2.59. The Hall–Kier alpha value is -4.02. The van der Waals surface area contributed by atoms with Gasteiger partial charge in [0.15, 0.2) is 11.3 Å². The summed E-state index contributed by atoms with van der Waals surface area (Å²) in [5.41, 5.74) is 7.14. The van der Waals surface area contributed by atoms with E-state index in [2.05, 4.69) is 19.8 Å². The van der Waals surface area contributed by atoms with E-state index in [1.807, 2.05) is 22.9 Å². The largest absolute Gasteiger partial charge is 0.543 e. The number of aliphatic hydroxyl groups is 1. The first-order valence-corrected chi connectivity index (χ1v) is 13.1. The average molecular weight is 559 g/mol. The molecule has 198 valence electrons. The van der Waals surface area contributed by atoms with Crippen molar-refractivity contribution in [1.29, 1.82) is 0 Å². The second-order valence-corrected chi connectivity index (χ2v) is 10.4. The zero-order valence-electron chi connectivity index (χ0n) is 20.1. The molecule has 1 aromatic rings. The fourth-order valence-corrected chi connectivity index (χ4v) is 6.16. The summed E-state index contributed by atoms with van der Waals surface area (Å²) in [6.45, 7) is 1.88. The van der Waals surface area contributed by atoms with E-state index in [0.717, 1.165) is 27.8 Å². The number of amides is 2. The first kappa shape index (κ1) is 25.6. The molecule has 0 aliphatic carbocycles. The van der Waals surface area contributed by atoms with Crippen molar-refractivity contribution in [2.24, 2.45) is 5.16 Å². The predicted molar refractivity (Wildman–Crippen MR) is 133 cm³/mol. The van der Waals surface area contributed by atoms with Crippen LogP contribution in [0.4, 0.5) is 5.13 Å². The Morgan fingerprint density at radius 2 is 2.24 bits per heavy atom. The topological polar surface area (TPSA) is 192 Å². The van der Waals surface area contributed by atoms with Crippen LogP contribution in [0.25, 0.3) is 5.69 Å². The maximum atomic E-state index is 13.0. The number of fused-ring (bicyclic) bond motifs is 2. The van der Waals surface area contributed by atoms with Crippen LogP contribution in [0.3, 0.4) is 0 Å².